The third kappa shape index (κ3) is 3.20. The van der Waals surface area contributed by atoms with Crippen molar-refractivity contribution in [2.45, 2.75) is 25.5 Å². The Morgan fingerprint density at radius 2 is 2.07 bits per heavy atom. The summed E-state index contributed by atoms with van der Waals surface area (Å²) in [4.78, 5) is 9.22. The van der Waals surface area contributed by atoms with Crippen LogP contribution in [0.25, 0.3) is 22.5 Å². The van der Waals surface area contributed by atoms with Crippen molar-refractivity contribution in [1.82, 2.24) is 19.7 Å². The minimum atomic E-state index is -0.0646. The van der Waals surface area contributed by atoms with Crippen LogP contribution in [-0.4, -0.2) is 26.3 Å². The molecule has 1 saturated heterocycles. The molecule has 4 heterocycles. The van der Waals surface area contributed by atoms with Gasteiger partial charge in [-0.25, -0.2) is 4.98 Å². The number of ether oxygens (including phenoxy) is 1. The summed E-state index contributed by atoms with van der Waals surface area (Å²) in [6.45, 7) is 1.26. The molecule has 0 amide bonds. The summed E-state index contributed by atoms with van der Waals surface area (Å²) < 4.78 is 13.1. The highest BCUT2D eigenvalue weighted by Gasteiger charge is 2.24. The van der Waals surface area contributed by atoms with Crippen LogP contribution in [0.2, 0.25) is 0 Å². The maximum atomic E-state index is 5.63. The van der Waals surface area contributed by atoms with Gasteiger partial charge in [0, 0.05) is 23.1 Å². The van der Waals surface area contributed by atoms with Gasteiger partial charge in [0.15, 0.2) is 5.82 Å². The lowest BCUT2D eigenvalue weighted by atomic mass is 10.1. The van der Waals surface area contributed by atoms with Gasteiger partial charge in [-0.3, -0.25) is 0 Å². The largest absolute Gasteiger partial charge is 0.368 e. The normalized spacial score (nSPS) is 16.8. The van der Waals surface area contributed by atoms with E-state index in [2.05, 4.69) is 48.7 Å². The number of hydrogen-bond acceptors (Lipinski definition) is 6. The Labute approximate surface area is 160 Å². The van der Waals surface area contributed by atoms with Crippen LogP contribution in [0.15, 0.2) is 58.0 Å². The summed E-state index contributed by atoms with van der Waals surface area (Å²) in [6.07, 6.45) is 3.75. The minimum Gasteiger partial charge on any atom is -0.368 e. The molecule has 1 aliphatic rings. The molecule has 1 aromatic carbocycles. The molecule has 0 spiro atoms. The van der Waals surface area contributed by atoms with Gasteiger partial charge in [0.2, 0.25) is 0 Å². The van der Waals surface area contributed by atoms with Gasteiger partial charge in [-0.2, -0.15) is 16.3 Å². The molecule has 1 atom stereocenters. The quantitative estimate of drug-likeness (QED) is 0.509. The lowest BCUT2D eigenvalue weighted by Crippen LogP contribution is -2.03. The third-order valence-electron chi connectivity index (χ3n) is 4.68. The highest BCUT2D eigenvalue weighted by Crippen LogP contribution is 2.33. The fourth-order valence-electron chi connectivity index (χ4n) is 3.40. The first-order valence-electron chi connectivity index (χ1n) is 8.95. The van der Waals surface area contributed by atoms with Crippen molar-refractivity contribution in [3.63, 3.8) is 0 Å². The number of thiophene rings is 1. The molecule has 6 nitrogen and oxygen atoms in total. The van der Waals surface area contributed by atoms with Crippen molar-refractivity contribution < 1.29 is 9.26 Å². The second-order valence-electron chi connectivity index (χ2n) is 6.50. The molecule has 0 radical (unpaired) electrons. The van der Waals surface area contributed by atoms with Gasteiger partial charge in [-0.05, 0) is 24.3 Å². The maximum Gasteiger partial charge on any atom is 0.255 e. The van der Waals surface area contributed by atoms with Gasteiger partial charge in [0.05, 0.1) is 24.3 Å². The molecule has 1 fully saturated rings. The van der Waals surface area contributed by atoms with Crippen molar-refractivity contribution in [3.05, 3.63) is 65.2 Å². The smallest absolute Gasteiger partial charge is 0.255 e. The van der Waals surface area contributed by atoms with Crippen molar-refractivity contribution in [3.8, 4) is 22.5 Å². The predicted octanol–water partition coefficient (Wildman–Crippen LogP) is 4.56. The first-order valence-corrected chi connectivity index (χ1v) is 9.90. The number of aromatic nitrogens is 4. The van der Waals surface area contributed by atoms with Crippen LogP contribution >= 0.6 is 11.3 Å². The Kier molecular flexibility index (Phi) is 4.31. The molecule has 7 heteroatoms. The van der Waals surface area contributed by atoms with Gasteiger partial charge in [0.1, 0.15) is 6.10 Å². The first kappa shape index (κ1) is 16.4. The SMILES string of the molecule is c1ccc(-c2ncn(Cc3noc([C@@H]4CCCO4)n3)c2-c2ccsc2)cc1. The van der Waals surface area contributed by atoms with Crippen LogP contribution < -0.4 is 0 Å². The standard InChI is InChI=1S/C20H18N4O2S/c1-2-5-14(6-3-1)18-19(15-8-10-27-12-15)24(13-21-18)11-17-22-20(26-23-17)16-7-4-9-25-16/h1-3,5-6,8,10,12-13,16H,4,7,9,11H2/t16-/m0/s1. The molecule has 4 aromatic rings. The highest BCUT2D eigenvalue weighted by atomic mass is 32.1. The van der Waals surface area contributed by atoms with Crippen molar-refractivity contribution >= 4 is 11.3 Å². The van der Waals surface area contributed by atoms with Gasteiger partial charge in [0.25, 0.3) is 5.89 Å². The van der Waals surface area contributed by atoms with Crippen LogP contribution in [-0.2, 0) is 11.3 Å². The van der Waals surface area contributed by atoms with Crippen LogP contribution in [0.5, 0.6) is 0 Å². The third-order valence-corrected chi connectivity index (χ3v) is 5.36. The Morgan fingerprint density at radius 1 is 1.15 bits per heavy atom. The van der Waals surface area contributed by atoms with Gasteiger partial charge >= 0.3 is 0 Å². The lowest BCUT2D eigenvalue weighted by Gasteiger charge is -2.07. The van der Waals surface area contributed by atoms with E-state index < -0.39 is 0 Å². The Hall–Kier alpha value is -2.77. The molecular weight excluding hydrogens is 360 g/mol. The van der Waals surface area contributed by atoms with E-state index in [-0.39, 0.29) is 6.10 Å². The van der Waals surface area contributed by atoms with Gasteiger partial charge < -0.3 is 13.8 Å². The molecule has 1 aliphatic heterocycles. The Balaban J connectivity index is 1.50. The van der Waals surface area contributed by atoms with E-state index in [1.165, 1.54) is 0 Å². The molecule has 0 aliphatic carbocycles. The second kappa shape index (κ2) is 7.09. The van der Waals surface area contributed by atoms with Crippen LogP contribution in [0.3, 0.4) is 0 Å². The molecule has 0 saturated carbocycles. The van der Waals surface area contributed by atoms with Gasteiger partial charge in [-0.1, -0.05) is 35.5 Å². The Morgan fingerprint density at radius 3 is 2.85 bits per heavy atom. The zero-order valence-corrected chi connectivity index (χ0v) is 15.4. The van der Waals surface area contributed by atoms with E-state index in [4.69, 9.17) is 9.26 Å². The number of hydrogen-bond donors (Lipinski definition) is 0. The fraction of sp³-hybridized carbons (Fsp3) is 0.250. The second-order valence-corrected chi connectivity index (χ2v) is 7.28. The molecule has 0 unspecified atom stereocenters. The number of imidazole rings is 1. The number of nitrogens with zero attached hydrogens (tertiary/aromatic N) is 4. The molecule has 3 aromatic heterocycles. The number of benzene rings is 1. The van der Waals surface area contributed by atoms with E-state index in [9.17, 15) is 0 Å². The van der Waals surface area contributed by atoms with Gasteiger partial charge in [-0.15, -0.1) is 0 Å². The van der Waals surface area contributed by atoms with E-state index in [0.717, 1.165) is 42.0 Å². The highest BCUT2D eigenvalue weighted by molar-refractivity contribution is 7.08. The fourth-order valence-corrected chi connectivity index (χ4v) is 4.04. The molecular formula is C20H18N4O2S. The monoisotopic (exact) mass is 378 g/mol. The zero-order valence-electron chi connectivity index (χ0n) is 14.6. The van der Waals surface area contributed by atoms with Crippen LogP contribution in [0.4, 0.5) is 0 Å². The summed E-state index contributed by atoms with van der Waals surface area (Å²) in [5, 5.41) is 8.36. The maximum absolute atomic E-state index is 5.63. The zero-order chi connectivity index (χ0) is 18.1. The number of rotatable bonds is 5. The average molecular weight is 378 g/mol. The molecule has 136 valence electrons. The van der Waals surface area contributed by atoms with Crippen molar-refractivity contribution in [1.29, 1.82) is 0 Å². The summed E-state index contributed by atoms with van der Waals surface area (Å²) in [5.74, 6) is 1.21. The summed E-state index contributed by atoms with van der Waals surface area (Å²) >= 11 is 1.67. The topological polar surface area (TPSA) is 66.0 Å². The van der Waals surface area contributed by atoms with Crippen LogP contribution in [0.1, 0.15) is 30.7 Å². The van der Waals surface area contributed by atoms with Crippen LogP contribution in [0, 0.1) is 0 Å². The summed E-state index contributed by atoms with van der Waals surface area (Å²) in [7, 11) is 0. The van der Waals surface area contributed by atoms with Crippen molar-refractivity contribution in [2.24, 2.45) is 0 Å². The Bertz CT molecular complexity index is 1020. The molecule has 0 N–H and O–H groups in total. The minimum absolute atomic E-state index is 0.0646. The molecule has 0 bridgehead atoms. The average Bonchev–Trinajstić information content (AvgIpc) is 3.48. The molecule has 5 rings (SSSR count). The van der Waals surface area contributed by atoms with E-state index in [0.29, 0.717) is 18.3 Å². The summed E-state index contributed by atoms with van der Waals surface area (Å²) in [5.41, 5.74) is 4.24. The van der Waals surface area contributed by atoms with E-state index >= 15 is 0 Å². The van der Waals surface area contributed by atoms with E-state index in [1.807, 2.05) is 24.5 Å². The molecule has 27 heavy (non-hydrogen) atoms. The summed E-state index contributed by atoms with van der Waals surface area (Å²) in [6, 6.07) is 12.3. The predicted molar refractivity (Wildman–Crippen MR) is 102 cm³/mol. The first-order chi connectivity index (χ1) is 13.4. The van der Waals surface area contributed by atoms with Crippen molar-refractivity contribution in [2.75, 3.05) is 6.61 Å². The lowest BCUT2D eigenvalue weighted by molar-refractivity contribution is 0.0835. The van der Waals surface area contributed by atoms with E-state index in [1.54, 1.807) is 11.3 Å².